The predicted octanol–water partition coefficient (Wildman–Crippen LogP) is 5.01. The number of benzene rings is 1. The molecular weight excluding hydrogens is 286 g/mol. The molecular formula is C20H29NO2. The van der Waals surface area contributed by atoms with Crippen molar-refractivity contribution >= 4 is 11.7 Å². The number of likely N-dealkylation sites (tertiary alicyclic amines) is 1. The predicted molar refractivity (Wildman–Crippen MR) is 95.7 cm³/mol. The van der Waals surface area contributed by atoms with Crippen LogP contribution < -0.4 is 0 Å². The molecule has 0 N–H and O–H groups in total. The fourth-order valence-corrected chi connectivity index (χ4v) is 3.10. The number of amides is 1. The summed E-state index contributed by atoms with van der Waals surface area (Å²) in [4.78, 5) is 14.0. The van der Waals surface area contributed by atoms with Gasteiger partial charge in [-0.3, -0.25) is 0 Å². The van der Waals surface area contributed by atoms with Gasteiger partial charge in [0, 0.05) is 19.0 Å². The number of hydrogen-bond donors (Lipinski definition) is 0. The number of hydrogen-bond acceptors (Lipinski definition) is 2. The van der Waals surface area contributed by atoms with Crippen LogP contribution in [0.2, 0.25) is 0 Å². The van der Waals surface area contributed by atoms with Crippen molar-refractivity contribution in [1.82, 2.24) is 4.90 Å². The molecule has 1 saturated heterocycles. The van der Waals surface area contributed by atoms with Crippen LogP contribution in [0.3, 0.4) is 0 Å². The van der Waals surface area contributed by atoms with E-state index in [1.807, 2.05) is 32.6 Å². The lowest BCUT2D eigenvalue weighted by Gasteiger charge is -2.24. The Morgan fingerprint density at radius 1 is 1.39 bits per heavy atom. The first-order valence-corrected chi connectivity index (χ1v) is 8.48. The number of carbonyl (C=O) groups is 1. The minimum atomic E-state index is -0.437. The van der Waals surface area contributed by atoms with E-state index in [-0.39, 0.29) is 6.09 Å². The van der Waals surface area contributed by atoms with Gasteiger partial charge in [-0.2, -0.15) is 0 Å². The first-order chi connectivity index (χ1) is 10.7. The third-order valence-electron chi connectivity index (χ3n) is 4.28. The van der Waals surface area contributed by atoms with Gasteiger partial charge in [0.1, 0.15) is 5.60 Å². The third kappa shape index (κ3) is 4.37. The molecule has 1 atom stereocenters. The minimum Gasteiger partial charge on any atom is -0.444 e. The number of nitrogens with zero attached hydrogens (tertiary/aromatic N) is 1. The second-order valence-corrected chi connectivity index (χ2v) is 7.46. The van der Waals surface area contributed by atoms with E-state index in [9.17, 15) is 4.79 Å². The lowest BCUT2D eigenvalue weighted by atomic mass is 9.91. The molecule has 1 aliphatic rings. The highest BCUT2D eigenvalue weighted by Crippen LogP contribution is 2.31. The molecule has 0 spiro atoms. The number of allylic oxidation sites excluding steroid dienone is 1. The van der Waals surface area contributed by atoms with Crippen molar-refractivity contribution in [3.8, 4) is 0 Å². The summed E-state index contributed by atoms with van der Waals surface area (Å²) in [5.74, 6) is 0.395. The van der Waals surface area contributed by atoms with E-state index in [0.29, 0.717) is 5.92 Å². The van der Waals surface area contributed by atoms with Gasteiger partial charge in [0.15, 0.2) is 0 Å². The van der Waals surface area contributed by atoms with Crippen molar-refractivity contribution in [2.24, 2.45) is 0 Å². The number of aryl methyl sites for hydroxylation is 1. The summed E-state index contributed by atoms with van der Waals surface area (Å²) in [6.45, 7) is 15.5. The smallest absolute Gasteiger partial charge is 0.410 e. The van der Waals surface area contributed by atoms with Gasteiger partial charge in [-0.05, 0) is 57.2 Å². The molecule has 0 radical (unpaired) electrons. The molecule has 2 rings (SSSR count). The Morgan fingerprint density at radius 3 is 2.65 bits per heavy atom. The summed E-state index contributed by atoms with van der Waals surface area (Å²) in [7, 11) is 0. The minimum absolute atomic E-state index is 0.200. The van der Waals surface area contributed by atoms with Crippen molar-refractivity contribution in [2.45, 2.75) is 59.0 Å². The van der Waals surface area contributed by atoms with Gasteiger partial charge in [-0.1, -0.05) is 37.3 Å². The molecule has 0 bridgehead atoms. The molecule has 0 aromatic heterocycles. The van der Waals surface area contributed by atoms with Crippen LogP contribution in [0.25, 0.3) is 5.57 Å². The lowest BCUT2D eigenvalue weighted by molar-refractivity contribution is 0.0292. The quantitative estimate of drug-likeness (QED) is 0.785. The molecule has 1 unspecified atom stereocenters. The molecule has 1 aliphatic heterocycles. The Balaban J connectivity index is 2.10. The lowest BCUT2D eigenvalue weighted by Crippen LogP contribution is -2.35. The van der Waals surface area contributed by atoms with E-state index < -0.39 is 5.60 Å². The van der Waals surface area contributed by atoms with Crippen LogP contribution >= 0.6 is 0 Å². The van der Waals surface area contributed by atoms with E-state index in [1.54, 1.807) is 0 Å². The molecule has 1 fully saturated rings. The van der Waals surface area contributed by atoms with Gasteiger partial charge in [0.25, 0.3) is 0 Å². The number of carbonyl (C=O) groups excluding carboxylic acids is 1. The number of ether oxygens (including phenoxy) is 1. The molecule has 3 heteroatoms. The van der Waals surface area contributed by atoms with Gasteiger partial charge >= 0.3 is 6.09 Å². The third-order valence-corrected chi connectivity index (χ3v) is 4.28. The van der Waals surface area contributed by atoms with Crippen molar-refractivity contribution in [1.29, 1.82) is 0 Å². The molecule has 0 saturated carbocycles. The maximum absolute atomic E-state index is 12.2. The highest BCUT2D eigenvalue weighted by atomic mass is 16.6. The van der Waals surface area contributed by atoms with Crippen LogP contribution in [0.5, 0.6) is 0 Å². The fraction of sp³-hybridized carbons (Fsp3) is 0.550. The Hall–Kier alpha value is -1.77. The second-order valence-electron chi connectivity index (χ2n) is 7.46. The van der Waals surface area contributed by atoms with Crippen LogP contribution in [0.4, 0.5) is 4.79 Å². The highest BCUT2D eigenvalue weighted by molar-refractivity contribution is 5.69. The highest BCUT2D eigenvalue weighted by Gasteiger charge is 2.30. The van der Waals surface area contributed by atoms with Crippen molar-refractivity contribution in [3.63, 3.8) is 0 Å². The molecule has 0 aliphatic carbocycles. The monoisotopic (exact) mass is 315 g/mol. The summed E-state index contributed by atoms with van der Waals surface area (Å²) in [5, 5.41) is 0. The summed E-state index contributed by atoms with van der Waals surface area (Å²) in [6.07, 6.45) is 1.79. The van der Waals surface area contributed by atoms with Crippen LogP contribution in [-0.2, 0) is 11.2 Å². The molecule has 3 nitrogen and oxygen atoms in total. The van der Waals surface area contributed by atoms with Gasteiger partial charge in [0.05, 0.1) is 0 Å². The largest absolute Gasteiger partial charge is 0.444 e. The normalized spacial score (nSPS) is 18.1. The molecule has 1 aromatic rings. The van der Waals surface area contributed by atoms with Gasteiger partial charge in [0.2, 0.25) is 0 Å². The molecule has 126 valence electrons. The maximum Gasteiger partial charge on any atom is 0.410 e. The number of rotatable bonds is 3. The van der Waals surface area contributed by atoms with Gasteiger partial charge in [-0.25, -0.2) is 4.79 Å². The molecule has 1 amide bonds. The zero-order chi connectivity index (χ0) is 17.2. The maximum atomic E-state index is 12.2. The Bertz CT molecular complexity index is 598. The fourth-order valence-electron chi connectivity index (χ4n) is 3.10. The van der Waals surface area contributed by atoms with E-state index in [4.69, 9.17) is 4.74 Å². The van der Waals surface area contributed by atoms with Crippen LogP contribution in [-0.4, -0.2) is 29.7 Å². The van der Waals surface area contributed by atoms with Crippen LogP contribution in [0, 0.1) is 0 Å². The van der Waals surface area contributed by atoms with Crippen molar-refractivity contribution in [2.75, 3.05) is 13.1 Å². The average molecular weight is 315 g/mol. The van der Waals surface area contributed by atoms with E-state index in [0.717, 1.165) is 31.5 Å². The average Bonchev–Trinajstić information content (AvgIpc) is 2.94. The Kier molecular flexibility index (Phi) is 5.18. The second kappa shape index (κ2) is 6.77. The SMILES string of the molecule is C=C(C)c1ccc(C2CCN(C(=O)OC(C)(C)C)C2)cc1CC. The molecule has 1 heterocycles. The van der Waals surface area contributed by atoms with Crippen molar-refractivity contribution in [3.05, 3.63) is 41.5 Å². The van der Waals surface area contributed by atoms with Gasteiger partial charge in [-0.15, -0.1) is 0 Å². The summed E-state index contributed by atoms with van der Waals surface area (Å²) < 4.78 is 5.48. The summed E-state index contributed by atoms with van der Waals surface area (Å²) in [5.41, 5.74) is 4.57. The van der Waals surface area contributed by atoms with Crippen LogP contribution in [0.15, 0.2) is 24.8 Å². The topological polar surface area (TPSA) is 29.5 Å². The summed E-state index contributed by atoms with van der Waals surface area (Å²) >= 11 is 0. The van der Waals surface area contributed by atoms with Crippen LogP contribution in [0.1, 0.15) is 63.6 Å². The Morgan fingerprint density at radius 2 is 2.09 bits per heavy atom. The van der Waals surface area contributed by atoms with E-state index >= 15 is 0 Å². The summed E-state index contributed by atoms with van der Waals surface area (Å²) in [6, 6.07) is 6.65. The standard InChI is InChI=1S/C20H29NO2/c1-7-15-12-16(8-9-18(15)14(2)3)17-10-11-21(13-17)19(22)23-20(4,5)6/h8-9,12,17H,2,7,10-11,13H2,1,3-6H3. The van der Waals surface area contributed by atoms with Gasteiger partial charge < -0.3 is 9.64 Å². The Labute approximate surface area is 140 Å². The van der Waals surface area contributed by atoms with Crippen molar-refractivity contribution < 1.29 is 9.53 Å². The van der Waals surface area contributed by atoms with E-state index in [2.05, 4.69) is 31.7 Å². The zero-order valence-corrected chi connectivity index (χ0v) is 15.1. The first-order valence-electron chi connectivity index (χ1n) is 8.48. The van der Waals surface area contributed by atoms with E-state index in [1.165, 1.54) is 16.7 Å². The molecule has 1 aromatic carbocycles. The zero-order valence-electron chi connectivity index (χ0n) is 15.1. The molecule has 23 heavy (non-hydrogen) atoms. The first kappa shape index (κ1) is 17.6.